The van der Waals surface area contributed by atoms with E-state index in [0.717, 1.165) is 18.9 Å². The Bertz CT molecular complexity index is 421. The highest BCUT2D eigenvalue weighted by atomic mass is 32.1. The molecule has 0 fully saturated rings. The van der Waals surface area contributed by atoms with Crippen molar-refractivity contribution in [2.45, 2.75) is 26.4 Å². The lowest BCUT2D eigenvalue weighted by atomic mass is 10.2. The molecule has 1 unspecified atom stereocenters. The van der Waals surface area contributed by atoms with Crippen molar-refractivity contribution in [2.24, 2.45) is 0 Å². The van der Waals surface area contributed by atoms with Crippen LogP contribution in [0.5, 0.6) is 0 Å². The van der Waals surface area contributed by atoms with Crippen molar-refractivity contribution < 1.29 is 0 Å². The standard InChI is InChI=1S/C11H16N4S/c1-3-13-10(9-7-12-8-16-9)11-14-5-6-15(11)4-2/h5-8,10,13H,3-4H2,1-2H3. The molecule has 2 aromatic heterocycles. The van der Waals surface area contributed by atoms with Gasteiger partial charge in [0.25, 0.3) is 0 Å². The van der Waals surface area contributed by atoms with E-state index < -0.39 is 0 Å². The van der Waals surface area contributed by atoms with E-state index in [2.05, 4.69) is 33.7 Å². The first-order valence-corrected chi connectivity index (χ1v) is 6.37. The third-order valence-electron chi connectivity index (χ3n) is 2.49. The lowest BCUT2D eigenvalue weighted by molar-refractivity contribution is 0.565. The molecule has 0 radical (unpaired) electrons. The highest BCUT2D eigenvalue weighted by molar-refractivity contribution is 7.09. The average molecular weight is 236 g/mol. The number of rotatable bonds is 5. The Morgan fingerprint density at radius 1 is 1.50 bits per heavy atom. The van der Waals surface area contributed by atoms with Crippen molar-refractivity contribution in [1.82, 2.24) is 19.9 Å². The number of imidazole rings is 1. The van der Waals surface area contributed by atoms with Crippen LogP contribution in [0.15, 0.2) is 24.1 Å². The molecule has 1 atom stereocenters. The van der Waals surface area contributed by atoms with Crippen LogP contribution in [0.2, 0.25) is 0 Å². The largest absolute Gasteiger partial charge is 0.334 e. The van der Waals surface area contributed by atoms with Gasteiger partial charge in [-0.25, -0.2) is 4.98 Å². The van der Waals surface area contributed by atoms with Gasteiger partial charge in [0.05, 0.1) is 5.51 Å². The number of hydrogen-bond donors (Lipinski definition) is 1. The number of hydrogen-bond acceptors (Lipinski definition) is 4. The minimum Gasteiger partial charge on any atom is -0.334 e. The van der Waals surface area contributed by atoms with Gasteiger partial charge in [-0.1, -0.05) is 6.92 Å². The summed E-state index contributed by atoms with van der Waals surface area (Å²) in [5.41, 5.74) is 1.86. The number of aromatic nitrogens is 3. The second-order valence-electron chi connectivity index (χ2n) is 3.47. The summed E-state index contributed by atoms with van der Waals surface area (Å²) in [4.78, 5) is 9.78. The molecular weight excluding hydrogens is 220 g/mol. The molecular formula is C11H16N4S. The summed E-state index contributed by atoms with van der Waals surface area (Å²) in [6, 6.07) is 0.160. The minimum absolute atomic E-state index is 0.160. The second-order valence-corrected chi connectivity index (χ2v) is 4.38. The van der Waals surface area contributed by atoms with Crippen LogP contribution < -0.4 is 5.32 Å². The maximum absolute atomic E-state index is 4.44. The SMILES string of the molecule is CCNC(c1cncs1)c1nccn1CC. The fourth-order valence-corrected chi connectivity index (χ4v) is 2.43. The molecule has 86 valence electrons. The van der Waals surface area contributed by atoms with Crippen molar-refractivity contribution in [1.29, 1.82) is 0 Å². The molecule has 0 spiro atoms. The third-order valence-corrected chi connectivity index (χ3v) is 3.33. The molecule has 1 N–H and O–H groups in total. The molecule has 0 amide bonds. The first-order chi connectivity index (χ1) is 7.86. The Labute approximate surface area is 99.4 Å². The quantitative estimate of drug-likeness (QED) is 0.864. The Morgan fingerprint density at radius 3 is 3.00 bits per heavy atom. The zero-order valence-corrected chi connectivity index (χ0v) is 10.4. The smallest absolute Gasteiger partial charge is 0.131 e. The summed E-state index contributed by atoms with van der Waals surface area (Å²) >= 11 is 1.66. The summed E-state index contributed by atoms with van der Waals surface area (Å²) in [5.74, 6) is 1.06. The number of aryl methyl sites for hydroxylation is 1. The van der Waals surface area contributed by atoms with E-state index in [9.17, 15) is 0 Å². The van der Waals surface area contributed by atoms with Crippen molar-refractivity contribution in [3.63, 3.8) is 0 Å². The van der Waals surface area contributed by atoms with Crippen LogP contribution in [0, 0.1) is 0 Å². The van der Waals surface area contributed by atoms with Gasteiger partial charge >= 0.3 is 0 Å². The van der Waals surface area contributed by atoms with Gasteiger partial charge in [-0.3, -0.25) is 4.98 Å². The topological polar surface area (TPSA) is 42.7 Å². The van der Waals surface area contributed by atoms with E-state index in [1.54, 1.807) is 11.3 Å². The van der Waals surface area contributed by atoms with Crippen molar-refractivity contribution in [2.75, 3.05) is 6.54 Å². The van der Waals surface area contributed by atoms with Crippen LogP contribution in [-0.4, -0.2) is 21.1 Å². The molecule has 0 aromatic carbocycles. The molecule has 0 saturated carbocycles. The van der Waals surface area contributed by atoms with Gasteiger partial charge in [0.2, 0.25) is 0 Å². The van der Waals surface area contributed by atoms with Crippen LogP contribution in [-0.2, 0) is 6.54 Å². The molecule has 0 aliphatic rings. The molecule has 0 bridgehead atoms. The van der Waals surface area contributed by atoms with Gasteiger partial charge < -0.3 is 9.88 Å². The molecule has 4 nitrogen and oxygen atoms in total. The Kier molecular flexibility index (Phi) is 3.69. The lowest BCUT2D eigenvalue weighted by Crippen LogP contribution is -2.24. The summed E-state index contributed by atoms with van der Waals surface area (Å²) in [6.07, 6.45) is 5.78. The van der Waals surface area contributed by atoms with Gasteiger partial charge in [-0.15, -0.1) is 11.3 Å². The maximum atomic E-state index is 4.44. The minimum atomic E-state index is 0.160. The summed E-state index contributed by atoms with van der Waals surface area (Å²) in [6.45, 7) is 6.09. The molecule has 0 aliphatic carbocycles. The van der Waals surface area contributed by atoms with Gasteiger partial charge in [-0.2, -0.15) is 0 Å². The van der Waals surface area contributed by atoms with E-state index >= 15 is 0 Å². The highest BCUT2D eigenvalue weighted by Gasteiger charge is 2.18. The van der Waals surface area contributed by atoms with E-state index in [4.69, 9.17) is 0 Å². The van der Waals surface area contributed by atoms with E-state index in [-0.39, 0.29) is 6.04 Å². The molecule has 16 heavy (non-hydrogen) atoms. The third kappa shape index (κ3) is 2.15. The predicted octanol–water partition coefficient (Wildman–Crippen LogP) is 2.06. The molecule has 2 rings (SSSR count). The van der Waals surface area contributed by atoms with Crippen LogP contribution in [0.25, 0.3) is 0 Å². The van der Waals surface area contributed by atoms with Crippen LogP contribution in [0.3, 0.4) is 0 Å². The zero-order valence-electron chi connectivity index (χ0n) is 9.55. The van der Waals surface area contributed by atoms with Crippen LogP contribution >= 0.6 is 11.3 Å². The van der Waals surface area contributed by atoms with Gasteiger partial charge in [0.15, 0.2) is 0 Å². The zero-order chi connectivity index (χ0) is 11.4. The highest BCUT2D eigenvalue weighted by Crippen LogP contribution is 2.23. The van der Waals surface area contributed by atoms with Gasteiger partial charge in [0.1, 0.15) is 11.9 Å². The van der Waals surface area contributed by atoms with Gasteiger partial charge in [0, 0.05) is 30.0 Å². The number of nitrogens with zero attached hydrogens (tertiary/aromatic N) is 3. The van der Waals surface area contributed by atoms with Gasteiger partial charge in [-0.05, 0) is 13.5 Å². The monoisotopic (exact) mass is 236 g/mol. The fourth-order valence-electron chi connectivity index (χ4n) is 1.74. The number of thiazole rings is 1. The Balaban J connectivity index is 2.33. The van der Waals surface area contributed by atoms with Crippen molar-refractivity contribution in [3.05, 3.63) is 34.8 Å². The normalized spacial score (nSPS) is 12.9. The fraction of sp³-hybridized carbons (Fsp3) is 0.455. The van der Waals surface area contributed by atoms with Crippen LogP contribution in [0.1, 0.15) is 30.6 Å². The Morgan fingerprint density at radius 2 is 2.38 bits per heavy atom. The van der Waals surface area contributed by atoms with E-state index in [1.165, 1.54) is 4.88 Å². The number of nitrogens with one attached hydrogen (secondary N) is 1. The summed E-state index contributed by atoms with van der Waals surface area (Å²) in [5, 5.41) is 3.45. The predicted molar refractivity (Wildman–Crippen MR) is 65.5 cm³/mol. The first-order valence-electron chi connectivity index (χ1n) is 5.49. The van der Waals surface area contributed by atoms with E-state index in [1.807, 2.05) is 24.1 Å². The lowest BCUT2D eigenvalue weighted by Gasteiger charge is -2.16. The first kappa shape index (κ1) is 11.3. The molecule has 2 heterocycles. The molecule has 0 saturated heterocycles. The van der Waals surface area contributed by atoms with Crippen molar-refractivity contribution >= 4 is 11.3 Å². The summed E-state index contributed by atoms with van der Waals surface area (Å²) < 4.78 is 2.16. The molecule has 2 aromatic rings. The van der Waals surface area contributed by atoms with Crippen molar-refractivity contribution in [3.8, 4) is 0 Å². The Hall–Kier alpha value is -1.20. The average Bonchev–Trinajstić information content (AvgIpc) is 2.96. The second kappa shape index (κ2) is 5.23. The molecule has 5 heteroatoms. The molecule has 0 aliphatic heterocycles. The van der Waals surface area contributed by atoms with E-state index in [0.29, 0.717) is 0 Å². The maximum Gasteiger partial charge on any atom is 0.131 e. The summed E-state index contributed by atoms with van der Waals surface area (Å²) in [7, 11) is 0. The van der Waals surface area contributed by atoms with Crippen LogP contribution in [0.4, 0.5) is 0 Å².